The molecule has 0 aromatic carbocycles. The Labute approximate surface area is 108 Å². The summed E-state index contributed by atoms with van der Waals surface area (Å²) in [6.45, 7) is 3.45. The van der Waals surface area contributed by atoms with E-state index in [-0.39, 0.29) is 17.9 Å². The van der Waals surface area contributed by atoms with Crippen LogP contribution >= 0.6 is 11.3 Å². The first-order chi connectivity index (χ1) is 8.58. The van der Waals surface area contributed by atoms with E-state index in [9.17, 15) is 9.59 Å². The first-order valence-corrected chi connectivity index (χ1v) is 6.33. The fourth-order valence-corrected chi connectivity index (χ4v) is 2.30. The van der Waals surface area contributed by atoms with Gasteiger partial charge in [-0.05, 0) is 6.92 Å². The Morgan fingerprint density at radius 1 is 1.56 bits per heavy atom. The molecule has 0 aliphatic heterocycles. The molecule has 18 heavy (non-hydrogen) atoms. The molecule has 0 radical (unpaired) electrons. The van der Waals surface area contributed by atoms with Gasteiger partial charge in [-0.1, -0.05) is 0 Å². The maximum absolute atomic E-state index is 12.0. The third kappa shape index (κ3) is 2.65. The third-order valence-corrected chi connectivity index (χ3v) is 3.22. The van der Waals surface area contributed by atoms with Crippen LogP contribution in [0.1, 0.15) is 18.2 Å². The van der Waals surface area contributed by atoms with Crippen LogP contribution in [0, 0.1) is 6.92 Å². The molecule has 94 valence electrons. The molecule has 0 bridgehead atoms. The number of hydrogen-bond donors (Lipinski definition) is 2. The number of thiazole rings is 1. The number of carbonyl (C=O) groups excluding carboxylic acids is 1. The summed E-state index contributed by atoms with van der Waals surface area (Å²) in [7, 11) is 0. The molecule has 1 amide bonds. The van der Waals surface area contributed by atoms with Crippen molar-refractivity contribution in [2.45, 2.75) is 20.4 Å². The molecule has 0 fully saturated rings. The summed E-state index contributed by atoms with van der Waals surface area (Å²) in [5, 5.41) is 5.23. The van der Waals surface area contributed by atoms with Gasteiger partial charge in [-0.2, -0.15) is 0 Å². The molecule has 2 heterocycles. The average Bonchev–Trinajstić information content (AvgIpc) is 2.79. The molecule has 2 rings (SSSR count). The van der Waals surface area contributed by atoms with Gasteiger partial charge >= 0.3 is 0 Å². The Kier molecular flexibility index (Phi) is 3.57. The summed E-state index contributed by atoms with van der Waals surface area (Å²) in [5.41, 5.74) is 1.90. The van der Waals surface area contributed by atoms with Crippen molar-refractivity contribution in [1.29, 1.82) is 0 Å². The van der Waals surface area contributed by atoms with Gasteiger partial charge in [0.05, 0.1) is 5.69 Å². The second kappa shape index (κ2) is 5.14. The molecular weight excluding hydrogens is 250 g/mol. The number of hydrogen-bond acceptors (Lipinski definition) is 4. The highest BCUT2D eigenvalue weighted by Gasteiger charge is 2.12. The van der Waals surface area contributed by atoms with E-state index in [1.54, 1.807) is 6.20 Å². The van der Waals surface area contributed by atoms with E-state index in [1.807, 2.05) is 12.3 Å². The van der Waals surface area contributed by atoms with Crippen LogP contribution in [0.4, 0.5) is 0 Å². The number of aromatic nitrogens is 2. The predicted molar refractivity (Wildman–Crippen MR) is 70.4 cm³/mol. The molecule has 6 heteroatoms. The number of pyridine rings is 1. The Hall–Kier alpha value is -1.95. The zero-order chi connectivity index (χ0) is 13.1. The Bertz CT molecular complexity index is 617. The summed E-state index contributed by atoms with van der Waals surface area (Å²) in [4.78, 5) is 30.3. The number of carbonyl (C=O) groups is 1. The smallest absolute Gasteiger partial charge is 0.217 e. The highest BCUT2D eigenvalue weighted by atomic mass is 32.1. The van der Waals surface area contributed by atoms with Crippen LogP contribution in [0.2, 0.25) is 0 Å². The molecule has 0 aliphatic rings. The van der Waals surface area contributed by atoms with Gasteiger partial charge < -0.3 is 10.3 Å². The average molecular weight is 263 g/mol. The SMILES string of the molecule is CC(=O)NCc1c(-c2nccs2)[nH]c(C)cc1=O. The number of amides is 1. The Morgan fingerprint density at radius 3 is 2.94 bits per heavy atom. The van der Waals surface area contributed by atoms with E-state index in [0.717, 1.165) is 10.7 Å². The normalized spacial score (nSPS) is 10.3. The zero-order valence-corrected chi connectivity index (χ0v) is 10.9. The predicted octanol–water partition coefficient (Wildman–Crippen LogP) is 1.44. The summed E-state index contributed by atoms with van der Waals surface area (Å²) in [5.74, 6) is -0.167. The first-order valence-electron chi connectivity index (χ1n) is 5.45. The van der Waals surface area contributed by atoms with Gasteiger partial charge in [0.15, 0.2) is 5.43 Å². The summed E-state index contributed by atoms with van der Waals surface area (Å²) in [6, 6.07) is 1.52. The molecule has 2 N–H and O–H groups in total. The van der Waals surface area contributed by atoms with Crippen molar-refractivity contribution in [3.05, 3.63) is 39.1 Å². The minimum atomic E-state index is -0.167. The number of nitrogens with zero attached hydrogens (tertiary/aromatic N) is 1. The number of rotatable bonds is 3. The number of aryl methyl sites for hydroxylation is 1. The van der Waals surface area contributed by atoms with Crippen LogP contribution in [-0.2, 0) is 11.3 Å². The quantitative estimate of drug-likeness (QED) is 0.880. The van der Waals surface area contributed by atoms with Crippen LogP contribution in [0.15, 0.2) is 22.4 Å². The van der Waals surface area contributed by atoms with Gasteiger partial charge in [-0.3, -0.25) is 9.59 Å². The van der Waals surface area contributed by atoms with Crippen molar-refractivity contribution in [3.63, 3.8) is 0 Å². The van der Waals surface area contributed by atoms with Gasteiger partial charge in [0.25, 0.3) is 0 Å². The first kappa shape index (κ1) is 12.5. The topological polar surface area (TPSA) is 74.8 Å². The lowest BCUT2D eigenvalue weighted by molar-refractivity contribution is -0.119. The van der Waals surface area contributed by atoms with Crippen molar-refractivity contribution in [3.8, 4) is 10.7 Å². The molecule has 0 saturated carbocycles. The molecule has 0 aliphatic carbocycles. The molecule has 5 nitrogen and oxygen atoms in total. The van der Waals surface area contributed by atoms with Crippen molar-refractivity contribution >= 4 is 17.2 Å². The van der Waals surface area contributed by atoms with E-state index in [1.165, 1.54) is 24.3 Å². The maximum atomic E-state index is 12.0. The second-order valence-electron chi connectivity index (χ2n) is 3.92. The van der Waals surface area contributed by atoms with Crippen molar-refractivity contribution in [1.82, 2.24) is 15.3 Å². The molecule has 2 aromatic heterocycles. The maximum Gasteiger partial charge on any atom is 0.217 e. The Morgan fingerprint density at radius 2 is 2.33 bits per heavy atom. The molecule has 0 unspecified atom stereocenters. The third-order valence-electron chi connectivity index (χ3n) is 2.43. The summed E-state index contributed by atoms with van der Waals surface area (Å²) < 4.78 is 0. The number of aromatic amines is 1. The van der Waals surface area contributed by atoms with E-state index >= 15 is 0 Å². The number of H-pyrrole nitrogens is 1. The lowest BCUT2D eigenvalue weighted by Gasteiger charge is -2.08. The van der Waals surface area contributed by atoms with Gasteiger partial charge in [-0.15, -0.1) is 11.3 Å². The van der Waals surface area contributed by atoms with Crippen molar-refractivity contribution < 1.29 is 4.79 Å². The monoisotopic (exact) mass is 263 g/mol. The van der Waals surface area contributed by atoms with Crippen LogP contribution in [0.5, 0.6) is 0 Å². The highest BCUT2D eigenvalue weighted by molar-refractivity contribution is 7.13. The fourth-order valence-electron chi connectivity index (χ4n) is 1.63. The van der Waals surface area contributed by atoms with Crippen molar-refractivity contribution in [2.24, 2.45) is 0 Å². The highest BCUT2D eigenvalue weighted by Crippen LogP contribution is 2.21. The molecular formula is C12H13N3O2S. The van der Waals surface area contributed by atoms with Crippen molar-refractivity contribution in [2.75, 3.05) is 0 Å². The fraction of sp³-hybridized carbons (Fsp3) is 0.250. The lowest BCUT2D eigenvalue weighted by Crippen LogP contribution is -2.24. The zero-order valence-electron chi connectivity index (χ0n) is 10.1. The van der Waals surface area contributed by atoms with Gasteiger partial charge in [0.2, 0.25) is 5.91 Å². The standard InChI is InChI=1S/C12H13N3O2S/c1-7-5-10(17)9(6-14-8(2)16)11(15-7)12-13-3-4-18-12/h3-5H,6H2,1-2H3,(H,14,16)(H,15,17). The minimum Gasteiger partial charge on any atom is -0.356 e. The van der Waals surface area contributed by atoms with Crippen LogP contribution < -0.4 is 10.7 Å². The van der Waals surface area contributed by atoms with E-state index in [4.69, 9.17) is 0 Å². The second-order valence-corrected chi connectivity index (χ2v) is 4.81. The van der Waals surface area contributed by atoms with Gasteiger partial charge in [0.1, 0.15) is 5.01 Å². The van der Waals surface area contributed by atoms with Crippen LogP contribution in [-0.4, -0.2) is 15.9 Å². The Balaban J connectivity index is 2.49. The van der Waals surface area contributed by atoms with E-state index in [2.05, 4.69) is 15.3 Å². The van der Waals surface area contributed by atoms with Crippen LogP contribution in [0.25, 0.3) is 10.7 Å². The van der Waals surface area contributed by atoms with Crippen LogP contribution in [0.3, 0.4) is 0 Å². The minimum absolute atomic E-state index is 0.0924. The van der Waals surface area contributed by atoms with Gasteiger partial charge in [-0.25, -0.2) is 4.98 Å². The summed E-state index contributed by atoms with van der Waals surface area (Å²) in [6.07, 6.45) is 1.68. The summed E-state index contributed by atoms with van der Waals surface area (Å²) >= 11 is 1.45. The molecule has 0 atom stereocenters. The molecule has 0 spiro atoms. The molecule has 0 saturated heterocycles. The van der Waals surface area contributed by atoms with Gasteiger partial charge in [0, 0.05) is 42.4 Å². The lowest BCUT2D eigenvalue weighted by atomic mass is 10.1. The van der Waals surface area contributed by atoms with E-state index < -0.39 is 0 Å². The van der Waals surface area contributed by atoms with E-state index in [0.29, 0.717) is 11.3 Å². The number of nitrogens with one attached hydrogen (secondary N) is 2. The molecule has 2 aromatic rings. The largest absolute Gasteiger partial charge is 0.356 e.